The first-order chi connectivity index (χ1) is 7.65. The minimum absolute atomic E-state index is 0.0900. The summed E-state index contributed by atoms with van der Waals surface area (Å²) in [6, 6.07) is 1.56. The average Bonchev–Trinajstić information content (AvgIpc) is 2.66. The lowest BCUT2D eigenvalue weighted by atomic mass is 10.3. The van der Waals surface area contributed by atoms with Crippen molar-refractivity contribution in [2.75, 3.05) is 25.1 Å². The van der Waals surface area contributed by atoms with Crippen LogP contribution in [0.25, 0.3) is 0 Å². The number of rotatable bonds is 6. The van der Waals surface area contributed by atoms with Gasteiger partial charge in [0.05, 0.1) is 12.2 Å². The molecule has 0 atom stereocenters. The van der Waals surface area contributed by atoms with Gasteiger partial charge in [-0.3, -0.25) is 9.59 Å². The Balaban J connectivity index is 2.49. The minimum atomic E-state index is -0.570. The maximum absolute atomic E-state index is 11.3. The highest BCUT2D eigenvalue weighted by Gasteiger charge is 2.12. The van der Waals surface area contributed by atoms with Crippen LogP contribution < -0.4 is 16.8 Å². The highest BCUT2D eigenvalue weighted by Crippen LogP contribution is 2.22. The van der Waals surface area contributed by atoms with Gasteiger partial charge in [-0.05, 0) is 11.4 Å². The van der Waals surface area contributed by atoms with Gasteiger partial charge in [0.25, 0.3) is 11.8 Å². The van der Waals surface area contributed by atoms with Crippen molar-refractivity contribution in [1.82, 2.24) is 0 Å². The van der Waals surface area contributed by atoms with Crippen LogP contribution in [0.15, 0.2) is 11.4 Å². The van der Waals surface area contributed by atoms with E-state index in [4.69, 9.17) is 16.2 Å². The Bertz CT molecular complexity index is 378. The molecule has 7 heteroatoms. The summed E-state index contributed by atoms with van der Waals surface area (Å²) in [5, 5.41) is 4.66. The molecule has 1 heterocycles. The summed E-state index contributed by atoms with van der Waals surface area (Å²) in [7, 11) is 0. The van der Waals surface area contributed by atoms with E-state index in [1.165, 1.54) is 11.3 Å². The monoisotopic (exact) mass is 243 g/mol. The fraction of sp³-hybridized carbons (Fsp3) is 0.333. The quantitative estimate of drug-likeness (QED) is 0.599. The molecule has 0 unspecified atom stereocenters. The minimum Gasteiger partial charge on any atom is -0.370 e. The van der Waals surface area contributed by atoms with E-state index in [0.29, 0.717) is 23.7 Å². The summed E-state index contributed by atoms with van der Waals surface area (Å²) in [6.07, 6.45) is 0. The first-order valence-corrected chi connectivity index (χ1v) is 5.48. The molecular weight excluding hydrogens is 230 g/mol. The standard InChI is InChI=1S/C9H13N3O3S/c10-2-3-15-5-7(13)12-9-6(8(11)14)1-4-16-9/h1,4H,2-3,5,10H2,(H2,11,14)(H,12,13). The summed E-state index contributed by atoms with van der Waals surface area (Å²) >= 11 is 1.23. The molecule has 1 aromatic rings. The van der Waals surface area contributed by atoms with Crippen molar-refractivity contribution in [3.63, 3.8) is 0 Å². The number of hydrogen-bond acceptors (Lipinski definition) is 5. The molecule has 88 valence electrons. The van der Waals surface area contributed by atoms with E-state index in [1.54, 1.807) is 11.4 Å². The van der Waals surface area contributed by atoms with Gasteiger partial charge in [-0.25, -0.2) is 0 Å². The van der Waals surface area contributed by atoms with E-state index in [-0.39, 0.29) is 12.5 Å². The molecule has 0 saturated carbocycles. The van der Waals surface area contributed by atoms with E-state index in [9.17, 15) is 9.59 Å². The molecule has 16 heavy (non-hydrogen) atoms. The van der Waals surface area contributed by atoms with Crippen LogP contribution in [0.1, 0.15) is 10.4 Å². The van der Waals surface area contributed by atoms with E-state index >= 15 is 0 Å². The van der Waals surface area contributed by atoms with Crippen molar-refractivity contribution in [2.45, 2.75) is 0 Å². The van der Waals surface area contributed by atoms with Crippen molar-refractivity contribution in [3.8, 4) is 0 Å². The average molecular weight is 243 g/mol. The zero-order valence-corrected chi connectivity index (χ0v) is 9.38. The summed E-state index contributed by atoms with van der Waals surface area (Å²) in [4.78, 5) is 22.3. The third kappa shape index (κ3) is 3.61. The highest BCUT2D eigenvalue weighted by atomic mass is 32.1. The Hall–Kier alpha value is -1.44. The highest BCUT2D eigenvalue weighted by molar-refractivity contribution is 7.14. The van der Waals surface area contributed by atoms with Gasteiger partial charge in [0.15, 0.2) is 0 Å². The molecular formula is C9H13N3O3S. The summed E-state index contributed by atoms with van der Waals surface area (Å²) in [6.45, 7) is 0.590. The molecule has 2 amide bonds. The molecule has 0 spiro atoms. The van der Waals surface area contributed by atoms with Crippen LogP contribution in [0, 0.1) is 0 Å². The van der Waals surface area contributed by atoms with Crippen molar-refractivity contribution < 1.29 is 14.3 Å². The Kier molecular flexibility index (Phi) is 4.90. The maximum Gasteiger partial charge on any atom is 0.251 e. The van der Waals surface area contributed by atoms with Gasteiger partial charge in [-0.2, -0.15) is 0 Å². The second-order valence-electron chi connectivity index (χ2n) is 2.92. The molecule has 1 rings (SSSR count). The molecule has 0 radical (unpaired) electrons. The fourth-order valence-corrected chi connectivity index (χ4v) is 1.82. The van der Waals surface area contributed by atoms with Gasteiger partial charge in [-0.15, -0.1) is 11.3 Å². The number of carbonyl (C=O) groups excluding carboxylic acids is 2. The third-order valence-electron chi connectivity index (χ3n) is 1.68. The van der Waals surface area contributed by atoms with E-state index < -0.39 is 5.91 Å². The van der Waals surface area contributed by atoms with Gasteiger partial charge >= 0.3 is 0 Å². The second kappa shape index (κ2) is 6.21. The van der Waals surface area contributed by atoms with Crippen LogP contribution in [0.2, 0.25) is 0 Å². The van der Waals surface area contributed by atoms with Crippen LogP contribution in [0.5, 0.6) is 0 Å². The number of amides is 2. The molecule has 6 nitrogen and oxygen atoms in total. The van der Waals surface area contributed by atoms with Crippen LogP contribution in [-0.4, -0.2) is 31.6 Å². The van der Waals surface area contributed by atoms with Crippen LogP contribution in [0.4, 0.5) is 5.00 Å². The molecule has 0 aliphatic heterocycles. The second-order valence-corrected chi connectivity index (χ2v) is 3.83. The summed E-state index contributed by atoms with van der Waals surface area (Å²) in [5.74, 6) is -0.905. The smallest absolute Gasteiger partial charge is 0.251 e. The first kappa shape index (κ1) is 12.6. The Morgan fingerprint density at radius 2 is 2.25 bits per heavy atom. The fourth-order valence-electron chi connectivity index (χ4n) is 1.01. The summed E-state index contributed by atoms with van der Waals surface area (Å²) in [5.41, 5.74) is 10.6. The zero-order valence-electron chi connectivity index (χ0n) is 8.56. The van der Waals surface area contributed by atoms with Crippen molar-refractivity contribution in [1.29, 1.82) is 0 Å². The van der Waals surface area contributed by atoms with Gasteiger partial charge < -0.3 is 21.5 Å². The van der Waals surface area contributed by atoms with Gasteiger partial charge in [0.1, 0.15) is 11.6 Å². The van der Waals surface area contributed by atoms with Crippen molar-refractivity contribution in [3.05, 3.63) is 17.0 Å². The number of nitrogens with two attached hydrogens (primary N) is 2. The molecule has 0 bridgehead atoms. The molecule has 0 aromatic carbocycles. The van der Waals surface area contributed by atoms with Gasteiger partial charge in [0.2, 0.25) is 0 Å². The summed E-state index contributed by atoms with van der Waals surface area (Å²) < 4.78 is 4.95. The van der Waals surface area contributed by atoms with E-state index in [1.807, 2.05) is 0 Å². The SMILES string of the molecule is NCCOCC(=O)Nc1sccc1C(N)=O. The predicted octanol–water partition coefficient (Wildman–Crippen LogP) is -0.239. The molecule has 5 N–H and O–H groups in total. The number of carbonyl (C=O) groups is 2. The number of anilines is 1. The Morgan fingerprint density at radius 3 is 2.88 bits per heavy atom. The van der Waals surface area contributed by atoms with Crippen LogP contribution in [0.3, 0.4) is 0 Å². The lowest BCUT2D eigenvalue weighted by molar-refractivity contribution is -0.120. The van der Waals surface area contributed by atoms with E-state index in [2.05, 4.69) is 5.32 Å². The topological polar surface area (TPSA) is 107 Å². The molecule has 1 aromatic heterocycles. The normalized spacial score (nSPS) is 10.1. The number of ether oxygens (including phenoxy) is 1. The molecule has 0 aliphatic rings. The number of thiophene rings is 1. The van der Waals surface area contributed by atoms with Gasteiger partial charge in [-0.1, -0.05) is 0 Å². The number of nitrogens with one attached hydrogen (secondary N) is 1. The van der Waals surface area contributed by atoms with Crippen LogP contribution >= 0.6 is 11.3 Å². The first-order valence-electron chi connectivity index (χ1n) is 4.60. The molecule has 0 aliphatic carbocycles. The lowest BCUT2D eigenvalue weighted by Crippen LogP contribution is -2.22. The van der Waals surface area contributed by atoms with Crippen LogP contribution in [-0.2, 0) is 9.53 Å². The maximum atomic E-state index is 11.3. The molecule has 0 fully saturated rings. The van der Waals surface area contributed by atoms with Crippen molar-refractivity contribution in [2.24, 2.45) is 11.5 Å². The van der Waals surface area contributed by atoms with Crippen molar-refractivity contribution >= 4 is 28.2 Å². The largest absolute Gasteiger partial charge is 0.370 e. The van der Waals surface area contributed by atoms with Gasteiger partial charge in [0, 0.05) is 6.54 Å². The zero-order chi connectivity index (χ0) is 12.0. The third-order valence-corrected chi connectivity index (χ3v) is 2.51. The Morgan fingerprint density at radius 1 is 1.50 bits per heavy atom. The molecule has 0 saturated heterocycles. The number of primary amides is 1. The number of hydrogen-bond donors (Lipinski definition) is 3. The predicted molar refractivity (Wildman–Crippen MR) is 61.3 cm³/mol. The lowest BCUT2D eigenvalue weighted by Gasteiger charge is -2.04. The van der Waals surface area contributed by atoms with E-state index in [0.717, 1.165) is 0 Å². The Labute approximate surface area is 96.6 Å².